The van der Waals surface area contributed by atoms with Crippen molar-refractivity contribution in [1.82, 2.24) is 4.98 Å². The molecule has 20 heavy (non-hydrogen) atoms. The molecule has 0 spiro atoms. The molecular weight excluding hydrogens is 266 g/mol. The van der Waals surface area contributed by atoms with E-state index in [9.17, 15) is 20.0 Å². The Kier molecular flexibility index (Phi) is 3.01. The number of nitro groups is 1. The van der Waals surface area contributed by atoms with Crippen LogP contribution in [-0.4, -0.2) is 46.3 Å². The lowest BCUT2D eigenvalue weighted by molar-refractivity contribution is -0.385. The molecule has 0 aliphatic carbocycles. The van der Waals surface area contributed by atoms with Crippen molar-refractivity contribution in [1.29, 1.82) is 0 Å². The largest absolute Gasteiger partial charge is 0.478 e. The van der Waals surface area contributed by atoms with Crippen LogP contribution in [0.3, 0.4) is 0 Å². The first-order chi connectivity index (χ1) is 9.54. The van der Waals surface area contributed by atoms with Crippen molar-refractivity contribution in [2.75, 3.05) is 18.0 Å². The SMILES string of the molecule is O=C(O)c1cc([N+](=O)[O-])cnc1N1CC2CCC(C1)O2. The first kappa shape index (κ1) is 12.8. The lowest BCUT2D eigenvalue weighted by Gasteiger charge is -2.33. The van der Waals surface area contributed by atoms with Crippen LogP contribution in [0.5, 0.6) is 0 Å². The summed E-state index contributed by atoms with van der Waals surface area (Å²) >= 11 is 0. The zero-order valence-corrected chi connectivity index (χ0v) is 10.6. The second-order valence-corrected chi connectivity index (χ2v) is 4.99. The fourth-order valence-corrected chi connectivity index (χ4v) is 2.74. The Bertz CT molecular complexity index is 564. The molecule has 3 rings (SSSR count). The Balaban J connectivity index is 1.96. The second kappa shape index (κ2) is 4.71. The van der Waals surface area contributed by atoms with Crippen molar-refractivity contribution in [2.24, 2.45) is 0 Å². The molecule has 1 aromatic rings. The van der Waals surface area contributed by atoms with Gasteiger partial charge in [0.25, 0.3) is 5.69 Å². The molecule has 2 aliphatic heterocycles. The molecule has 106 valence electrons. The molecule has 2 atom stereocenters. The summed E-state index contributed by atoms with van der Waals surface area (Å²) in [6.07, 6.45) is 3.19. The second-order valence-electron chi connectivity index (χ2n) is 4.99. The maximum absolute atomic E-state index is 11.3. The quantitative estimate of drug-likeness (QED) is 0.651. The Morgan fingerprint density at radius 2 is 2.10 bits per heavy atom. The number of pyridine rings is 1. The van der Waals surface area contributed by atoms with E-state index >= 15 is 0 Å². The van der Waals surface area contributed by atoms with Crippen LogP contribution in [0.4, 0.5) is 11.5 Å². The number of nitrogens with zero attached hydrogens (tertiary/aromatic N) is 3. The van der Waals surface area contributed by atoms with Crippen molar-refractivity contribution in [3.05, 3.63) is 27.9 Å². The number of carbonyl (C=O) groups is 1. The highest BCUT2D eigenvalue weighted by molar-refractivity contribution is 5.94. The summed E-state index contributed by atoms with van der Waals surface area (Å²) in [4.78, 5) is 27.2. The molecule has 0 radical (unpaired) electrons. The molecule has 8 heteroatoms. The Hall–Kier alpha value is -2.22. The van der Waals surface area contributed by atoms with Crippen LogP contribution in [-0.2, 0) is 4.74 Å². The van der Waals surface area contributed by atoms with E-state index in [2.05, 4.69) is 4.98 Å². The van der Waals surface area contributed by atoms with Gasteiger partial charge in [0, 0.05) is 19.2 Å². The molecule has 2 fully saturated rings. The molecular formula is C12H13N3O5. The third-order valence-corrected chi connectivity index (χ3v) is 3.64. The zero-order valence-electron chi connectivity index (χ0n) is 10.6. The fourth-order valence-electron chi connectivity index (χ4n) is 2.74. The van der Waals surface area contributed by atoms with Crippen molar-refractivity contribution in [2.45, 2.75) is 25.0 Å². The maximum atomic E-state index is 11.3. The van der Waals surface area contributed by atoms with Crippen molar-refractivity contribution >= 4 is 17.5 Å². The minimum absolute atomic E-state index is 0.0902. The van der Waals surface area contributed by atoms with Crippen LogP contribution in [0.2, 0.25) is 0 Å². The van der Waals surface area contributed by atoms with E-state index in [4.69, 9.17) is 4.74 Å². The van der Waals surface area contributed by atoms with Gasteiger partial charge in [0.1, 0.15) is 17.6 Å². The van der Waals surface area contributed by atoms with Crippen LogP contribution in [0.15, 0.2) is 12.3 Å². The highest BCUT2D eigenvalue weighted by Gasteiger charge is 2.35. The van der Waals surface area contributed by atoms with Gasteiger partial charge in [-0.15, -0.1) is 0 Å². The van der Waals surface area contributed by atoms with Crippen molar-refractivity contribution in [3.63, 3.8) is 0 Å². The average Bonchev–Trinajstić information content (AvgIpc) is 2.76. The maximum Gasteiger partial charge on any atom is 0.339 e. The molecule has 2 bridgehead atoms. The van der Waals surface area contributed by atoms with Crippen LogP contribution >= 0.6 is 0 Å². The summed E-state index contributed by atoms with van der Waals surface area (Å²) in [6.45, 7) is 1.14. The molecule has 0 aromatic carbocycles. The van der Waals surface area contributed by atoms with E-state index < -0.39 is 10.9 Å². The van der Waals surface area contributed by atoms with E-state index in [1.165, 1.54) is 0 Å². The standard InChI is InChI=1S/C12H13N3O5/c16-12(17)10-3-7(15(18)19)4-13-11(10)14-5-8-1-2-9(6-14)20-8/h3-4,8-9H,1-2,5-6H2,(H,16,17). The number of carboxylic acids is 1. The number of fused-ring (bicyclic) bond motifs is 2. The number of hydrogen-bond donors (Lipinski definition) is 1. The molecule has 1 aromatic heterocycles. The minimum Gasteiger partial charge on any atom is -0.478 e. The van der Waals surface area contributed by atoms with Crippen molar-refractivity contribution < 1.29 is 19.6 Å². The third kappa shape index (κ3) is 2.18. The molecule has 0 saturated carbocycles. The fraction of sp³-hybridized carbons (Fsp3) is 0.500. The highest BCUT2D eigenvalue weighted by Crippen LogP contribution is 2.31. The minimum atomic E-state index is -1.21. The number of morpholine rings is 1. The van der Waals surface area contributed by atoms with E-state index in [-0.39, 0.29) is 29.3 Å². The predicted molar refractivity (Wildman–Crippen MR) is 68.0 cm³/mol. The number of aromatic carboxylic acids is 1. The van der Waals surface area contributed by atoms with Crippen molar-refractivity contribution in [3.8, 4) is 0 Å². The molecule has 3 heterocycles. The molecule has 2 unspecified atom stereocenters. The van der Waals surface area contributed by atoms with Crippen LogP contribution in [0.25, 0.3) is 0 Å². The summed E-state index contributed by atoms with van der Waals surface area (Å²) in [6, 6.07) is 1.06. The van der Waals surface area contributed by atoms with Crippen LogP contribution in [0, 0.1) is 10.1 Å². The van der Waals surface area contributed by atoms with E-state index in [0.29, 0.717) is 13.1 Å². The van der Waals surface area contributed by atoms with Crippen LogP contribution in [0.1, 0.15) is 23.2 Å². The van der Waals surface area contributed by atoms with E-state index in [1.54, 1.807) is 0 Å². The van der Waals surface area contributed by atoms with Gasteiger partial charge in [0.15, 0.2) is 0 Å². The van der Waals surface area contributed by atoms with Gasteiger partial charge in [-0.3, -0.25) is 10.1 Å². The van der Waals surface area contributed by atoms with Gasteiger partial charge >= 0.3 is 5.97 Å². The van der Waals surface area contributed by atoms with Gasteiger partial charge < -0.3 is 14.7 Å². The van der Waals surface area contributed by atoms with E-state index in [0.717, 1.165) is 25.1 Å². The topological polar surface area (TPSA) is 106 Å². The summed E-state index contributed by atoms with van der Waals surface area (Å²) < 4.78 is 5.69. The Labute approximate surface area is 114 Å². The van der Waals surface area contributed by atoms with Gasteiger partial charge in [-0.25, -0.2) is 9.78 Å². The lowest BCUT2D eigenvalue weighted by atomic mass is 10.2. The predicted octanol–water partition coefficient (Wildman–Crippen LogP) is 1.06. The highest BCUT2D eigenvalue weighted by atomic mass is 16.6. The number of ether oxygens (including phenoxy) is 1. The number of anilines is 1. The number of carboxylic acid groups (broad SMARTS) is 1. The van der Waals surface area contributed by atoms with Gasteiger partial charge in [-0.1, -0.05) is 0 Å². The lowest BCUT2D eigenvalue weighted by Crippen LogP contribution is -2.43. The summed E-state index contributed by atoms with van der Waals surface area (Å²) in [5.41, 5.74) is -0.456. The van der Waals surface area contributed by atoms with Gasteiger partial charge in [0.2, 0.25) is 0 Å². The van der Waals surface area contributed by atoms with Gasteiger partial charge in [0.05, 0.1) is 17.1 Å². The monoisotopic (exact) mass is 279 g/mol. The number of aromatic nitrogens is 1. The van der Waals surface area contributed by atoms with Gasteiger partial charge in [-0.2, -0.15) is 0 Å². The van der Waals surface area contributed by atoms with E-state index in [1.807, 2.05) is 4.90 Å². The summed E-state index contributed by atoms with van der Waals surface area (Å²) in [5, 5.41) is 19.9. The number of rotatable bonds is 3. The summed E-state index contributed by atoms with van der Waals surface area (Å²) in [7, 11) is 0. The molecule has 2 aliphatic rings. The zero-order chi connectivity index (χ0) is 14.3. The molecule has 0 amide bonds. The summed E-state index contributed by atoms with van der Waals surface area (Å²) in [5.74, 6) is -0.932. The van der Waals surface area contributed by atoms with Crippen LogP contribution < -0.4 is 4.90 Å². The smallest absolute Gasteiger partial charge is 0.339 e. The average molecular weight is 279 g/mol. The Morgan fingerprint density at radius 1 is 1.45 bits per heavy atom. The molecule has 8 nitrogen and oxygen atoms in total. The first-order valence-electron chi connectivity index (χ1n) is 6.32. The number of hydrogen-bond acceptors (Lipinski definition) is 6. The molecule has 1 N–H and O–H groups in total. The third-order valence-electron chi connectivity index (χ3n) is 3.64. The molecule has 2 saturated heterocycles. The first-order valence-corrected chi connectivity index (χ1v) is 6.32. The van der Waals surface area contributed by atoms with Gasteiger partial charge in [-0.05, 0) is 12.8 Å². The Morgan fingerprint density at radius 3 is 2.65 bits per heavy atom. The normalized spacial score (nSPS) is 24.7.